The first-order chi connectivity index (χ1) is 13.4. The molecular formula is C21H15F2N3O2. The molecule has 4 rings (SSSR count). The van der Waals surface area contributed by atoms with E-state index in [1.807, 2.05) is 0 Å². The molecule has 2 heterocycles. The zero-order valence-corrected chi connectivity index (χ0v) is 15.1. The lowest BCUT2D eigenvalue weighted by Gasteiger charge is -2.10. The summed E-state index contributed by atoms with van der Waals surface area (Å²) in [6.07, 6.45) is 0. The minimum absolute atomic E-state index is 0.138. The third kappa shape index (κ3) is 3.11. The predicted molar refractivity (Wildman–Crippen MR) is 101 cm³/mol. The number of carbonyl (C=O) groups excluding carboxylic acids is 1. The van der Waals surface area contributed by atoms with Crippen LogP contribution in [0.15, 0.2) is 53.1 Å². The highest BCUT2D eigenvalue weighted by Crippen LogP contribution is 2.29. The van der Waals surface area contributed by atoms with E-state index in [4.69, 9.17) is 4.52 Å². The number of aryl methyl sites for hydroxylation is 2. The summed E-state index contributed by atoms with van der Waals surface area (Å²) >= 11 is 0. The predicted octanol–water partition coefficient (Wildman–Crippen LogP) is 5.04. The van der Waals surface area contributed by atoms with E-state index in [0.29, 0.717) is 22.3 Å². The highest BCUT2D eigenvalue weighted by Gasteiger charge is 2.21. The van der Waals surface area contributed by atoms with Gasteiger partial charge in [-0.2, -0.15) is 0 Å². The summed E-state index contributed by atoms with van der Waals surface area (Å²) < 4.78 is 32.8. The molecule has 0 saturated carbocycles. The topological polar surface area (TPSA) is 68.0 Å². The van der Waals surface area contributed by atoms with Crippen molar-refractivity contribution in [3.63, 3.8) is 0 Å². The Morgan fingerprint density at radius 1 is 1.07 bits per heavy atom. The number of carbonyl (C=O) groups is 1. The molecule has 140 valence electrons. The van der Waals surface area contributed by atoms with Crippen molar-refractivity contribution in [1.29, 1.82) is 0 Å². The first kappa shape index (κ1) is 17.8. The Bertz CT molecular complexity index is 1220. The Morgan fingerprint density at radius 2 is 1.86 bits per heavy atom. The Kier molecular flexibility index (Phi) is 4.35. The van der Waals surface area contributed by atoms with Crippen LogP contribution in [0.5, 0.6) is 0 Å². The first-order valence-electron chi connectivity index (χ1n) is 8.53. The Morgan fingerprint density at radius 3 is 2.61 bits per heavy atom. The van der Waals surface area contributed by atoms with E-state index >= 15 is 0 Å². The largest absolute Gasteiger partial charge is 0.335 e. The van der Waals surface area contributed by atoms with Crippen molar-refractivity contribution >= 4 is 22.7 Å². The lowest BCUT2D eigenvalue weighted by molar-refractivity contribution is 0.102. The van der Waals surface area contributed by atoms with Gasteiger partial charge in [0.15, 0.2) is 0 Å². The van der Waals surface area contributed by atoms with E-state index in [0.717, 1.165) is 0 Å². The minimum atomic E-state index is -0.466. The number of hydrogen-bond donors (Lipinski definition) is 1. The number of amides is 1. The van der Waals surface area contributed by atoms with Crippen molar-refractivity contribution in [2.24, 2.45) is 0 Å². The zero-order chi connectivity index (χ0) is 19.8. The van der Waals surface area contributed by atoms with Crippen molar-refractivity contribution in [2.45, 2.75) is 13.8 Å². The Labute approximate surface area is 159 Å². The van der Waals surface area contributed by atoms with Crippen molar-refractivity contribution in [3.8, 4) is 11.3 Å². The van der Waals surface area contributed by atoms with Gasteiger partial charge in [-0.05, 0) is 55.8 Å². The van der Waals surface area contributed by atoms with Gasteiger partial charge in [-0.15, -0.1) is 0 Å². The molecule has 5 nitrogen and oxygen atoms in total. The molecule has 1 N–H and O–H groups in total. The van der Waals surface area contributed by atoms with Crippen molar-refractivity contribution < 1.29 is 18.1 Å². The molecule has 0 aliphatic heterocycles. The molecule has 7 heteroatoms. The molecule has 0 aliphatic rings. The van der Waals surface area contributed by atoms with Gasteiger partial charge in [0.25, 0.3) is 11.6 Å². The number of benzene rings is 2. The van der Waals surface area contributed by atoms with Gasteiger partial charge in [-0.1, -0.05) is 17.3 Å². The van der Waals surface area contributed by atoms with E-state index in [1.54, 1.807) is 32.0 Å². The van der Waals surface area contributed by atoms with E-state index in [2.05, 4.69) is 15.5 Å². The highest BCUT2D eigenvalue weighted by molar-refractivity contribution is 6.13. The number of nitrogens with zero attached hydrogens (tertiary/aromatic N) is 2. The second-order valence-electron chi connectivity index (χ2n) is 6.40. The summed E-state index contributed by atoms with van der Waals surface area (Å²) in [6.45, 7) is 3.38. The van der Waals surface area contributed by atoms with Crippen LogP contribution in [0.1, 0.15) is 21.6 Å². The van der Waals surface area contributed by atoms with Crippen LogP contribution in [0.3, 0.4) is 0 Å². The third-order valence-corrected chi connectivity index (χ3v) is 4.45. The molecule has 0 spiro atoms. The second-order valence-corrected chi connectivity index (χ2v) is 6.40. The van der Waals surface area contributed by atoms with Crippen LogP contribution < -0.4 is 5.32 Å². The van der Waals surface area contributed by atoms with Gasteiger partial charge in [-0.3, -0.25) is 4.79 Å². The molecule has 0 aliphatic carbocycles. The van der Waals surface area contributed by atoms with Gasteiger partial charge in [0.05, 0.1) is 22.3 Å². The first-order valence-corrected chi connectivity index (χ1v) is 8.53. The van der Waals surface area contributed by atoms with E-state index < -0.39 is 17.5 Å². The van der Waals surface area contributed by atoms with Gasteiger partial charge in [0.2, 0.25) is 0 Å². The number of rotatable bonds is 3. The molecule has 0 bridgehead atoms. The Hall–Kier alpha value is -3.61. The van der Waals surface area contributed by atoms with E-state index in [9.17, 15) is 13.6 Å². The summed E-state index contributed by atoms with van der Waals surface area (Å²) in [6, 6.07) is 11.7. The number of hydrogen-bond acceptors (Lipinski definition) is 4. The van der Waals surface area contributed by atoms with E-state index in [1.165, 1.54) is 30.3 Å². The number of nitrogens with one attached hydrogen (secondary N) is 1. The lowest BCUT2D eigenvalue weighted by Crippen LogP contribution is -2.14. The summed E-state index contributed by atoms with van der Waals surface area (Å²) in [5.74, 6) is -1.31. The maximum atomic E-state index is 14.2. The zero-order valence-electron chi connectivity index (χ0n) is 15.1. The van der Waals surface area contributed by atoms with Gasteiger partial charge in [-0.25, -0.2) is 13.8 Å². The monoisotopic (exact) mass is 379 g/mol. The van der Waals surface area contributed by atoms with Crippen molar-refractivity contribution in [1.82, 2.24) is 10.1 Å². The molecule has 0 radical (unpaired) electrons. The van der Waals surface area contributed by atoms with Crippen LogP contribution in [0.4, 0.5) is 14.5 Å². The van der Waals surface area contributed by atoms with Crippen LogP contribution in [0.2, 0.25) is 0 Å². The maximum Gasteiger partial charge on any atom is 0.259 e. The Balaban J connectivity index is 1.84. The molecule has 2 aromatic carbocycles. The fourth-order valence-corrected chi connectivity index (χ4v) is 3.04. The van der Waals surface area contributed by atoms with Crippen molar-refractivity contribution in [2.75, 3.05) is 5.32 Å². The molecule has 28 heavy (non-hydrogen) atoms. The molecular weight excluding hydrogens is 364 g/mol. The summed E-state index contributed by atoms with van der Waals surface area (Å²) in [7, 11) is 0. The molecule has 2 aromatic heterocycles. The van der Waals surface area contributed by atoms with Crippen molar-refractivity contribution in [3.05, 3.63) is 77.0 Å². The van der Waals surface area contributed by atoms with Gasteiger partial charge < -0.3 is 9.84 Å². The van der Waals surface area contributed by atoms with Crippen LogP contribution in [-0.4, -0.2) is 16.0 Å². The number of anilines is 1. The van der Waals surface area contributed by atoms with Crippen LogP contribution in [0, 0.1) is 25.5 Å². The average Bonchev–Trinajstić information content (AvgIpc) is 3.04. The highest BCUT2D eigenvalue weighted by atomic mass is 19.1. The fraction of sp³-hybridized carbons (Fsp3) is 0.0952. The van der Waals surface area contributed by atoms with Crippen LogP contribution in [0.25, 0.3) is 22.4 Å². The standard InChI is InChI=1S/C21H15F2N3O2/c1-11-9-13(22)7-8-17(11)24-20(27)15-10-18(14-5-3-4-6-16(14)23)25-21-19(15)12(2)26-28-21/h3-10H,1-2H3,(H,24,27). The van der Waals surface area contributed by atoms with E-state index in [-0.39, 0.29) is 22.5 Å². The smallest absolute Gasteiger partial charge is 0.259 e. The number of pyridine rings is 1. The normalized spacial score (nSPS) is 11.0. The van der Waals surface area contributed by atoms with Gasteiger partial charge in [0, 0.05) is 11.3 Å². The quantitative estimate of drug-likeness (QED) is 0.542. The molecule has 0 unspecified atom stereocenters. The molecule has 0 atom stereocenters. The number of fused-ring (bicyclic) bond motifs is 1. The van der Waals surface area contributed by atoms with Gasteiger partial charge in [0.1, 0.15) is 11.6 Å². The van der Waals surface area contributed by atoms with Gasteiger partial charge >= 0.3 is 0 Å². The SMILES string of the molecule is Cc1cc(F)ccc1NC(=O)c1cc(-c2ccccc2F)nc2onc(C)c12. The molecule has 4 aromatic rings. The van der Waals surface area contributed by atoms with Crippen LogP contribution in [-0.2, 0) is 0 Å². The number of aromatic nitrogens is 2. The molecule has 1 amide bonds. The summed E-state index contributed by atoms with van der Waals surface area (Å²) in [5.41, 5.74) is 2.41. The average molecular weight is 379 g/mol. The summed E-state index contributed by atoms with van der Waals surface area (Å²) in [5, 5.41) is 7.07. The second kappa shape index (κ2) is 6.84. The minimum Gasteiger partial charge on any atom is -0.335 e. The van der Waals surface area contributed by atoms with Crippen LogP contribution >= 0.6 is 0 Å². The summed E-state index contributed by atoms with van der Waals surface area (Å²) in [4.78, 5) is 17.3. The molecule has 0 fully saturated rings. The number of halogens is 2. The lowest BCUT2D eigenvalue weighted by atomic mass is 10.0. The molecule has 0 saturated heterocycles. The maximum absolute atomic E-state index is 14.2. The third-order valence-electron chi connectivity index (χ3n) is 4.45. The fourth-order valence-electron chi connectivity index (χ4n) is 3.04.